The summed E-state index contributed by atoms with van der Waals surface area (Å²) in [6.07, 6.45) is 9.31. The second kappa shape index (κ2) is 9.34. The second-order valence-electron chi connectivity index (χ2n) is 7.97. The summed E-state index contributed by atoms with van der Waals surface area (Å²) in [6, 6.07) is 5.66. The highest BCUT2D eigenvalue weighted by atomic mass is 16.5. The largest absolute Gasteiger partial charge is 0.378 e. The van der Waals surface area contributed by atoms with Gasteiger partial charge in [-0.05, 0) is 57.2 Å². The molecule has 0 bridgehead atoms. The third-order valence-electron chi connectivity index (χ3n) is 5.71. The fourth-order valence-electron chi connectivity index (χ4n) is 3.99. The number of pyridine rings is 1. The number of carbonyl (C=O) groups excluding carboxylic acids is 2. The lowest BCUT2D eigenvalue weighted by Gasteiger charge is -2.27. The van der Waals surface area contributed by atoms with Gasteiger partial charge < -0.3 is 4.74 Å². The van der Waals surface area contributed by atoms with E-state index in [9.17, 15) is 9.59 Å². The number of fused-ring (bicyclic) bond motifs is 1. The molecule has 8 nitrogen and oxygen atoms in total. The van der Waals surface area contributed by atoms with Gasteiger partial charge in [0, 0.05) is 36.2 Å². The number of nitrogens with zero attached hydrogens (tertiary/aromatic N) is 4. The topological polar surface area (TPSA) is 98.5 Å². The lowest BCUT2D eigenvalue weighted by molar-refractivity contribution is -0.125. The van der Waals surface area contributed by atoms with Crippen LogP contribution in [0.3, 0.4) is 0 Å². The highest BCUT2D eigenvalue weighted by molar-refractivity contribution is 6.07. The van der Waals surface area contributed by atoms with Crippen molar-refractivity contribution in [2.45, 2.75) is 52.1 Å². The van der Waals surface area contributed by atoms with Crippen LogP contribution in [0.5, 0.6) is 0 Å². The molecule has 3 heterocycles. The standard InChI is InChI=1S/C23H27N5O3/c1-3-11-31-18-8-6-16(7-9-18)22(29)27-23(30)20-21-26-19(17-5-4-10-24-13-17)12-15(2)28(21)14-25-20/h4-5,10,12-14,16,18H,3,6-9,11H2,1-2H3,(H,27,29,30). The second-order valence-corrected chi connectivity index (χ2v) is 7.97. The number of aryl methyl sites for hydroxylation is 1. The molecule has 0 aliphatic heterocycles. The highest BCUT2D eigenvalue weighted by Crippen LogP contribution is 2.27. The van der Waals surface area contributed by atoms with Crippen LogP contribution in [0, 0.1) is 12.8 Å². The van der Waals surface area contributed by atoms with Gasteiger partial charge in [0.25, 0.3) is 5.91 Å². The van der Waals surface area contributed by atoms with Crippen molar-refractivity contribution in [3.8, 4) is 11.3 Å². The summed E-state index contributed by atoms with van der Waals surface area (Å²) in [5.41, 5.74) is 2.98. The van der Waals surface area contributed by atoms with Crippen LogP contribution in [-0.4, -0.2) is 43.9 Å². The molecule has 0 spiro atoms. The van der Waals surface area contributed by atoms with Crippen LogP contribution < -0.4 is 5.32 Å². The number of amides is 2. The van der Waals surface area contributed by atoms with Crippen molar-refractivity contribution >= 4 is 17.5 Å². The zero-order chi connectivity index (χ0) is 21.8. The number of nitrogens with one attached hydrogen (secondary N) is 1. The summed E-state index contributed by atoms with van der Waals surface area (Å²) in [5.74, 6) is -0.952. The average Bonchev–Trinajstić information content (AvgIpc) is 3.23. The molecule has 8 heteroatoms. The monoisotopic (exact) mass is 421 g/mol. The summed E-state index contributed by atoms with van der Waals surface area (Å²) < 4.78 is 7.53. The Morgan fingerprint density at radius 3 is 2.77 bits per heavy atom. The zero-order valence-electron chi connectivity index (χ0n) is 17.9. The first-order valence-corrected chi connectivity index (χ1v) is 10.8. The minimum Gasteiger partial charge on any atom is -0.378 e. The van der Waals surface area contributed by atoms with E-state index in [2.05, 4.69) is 27.2 Å². The van der Waals surface area contributed by atoms with Crippen LogP contribution in [0.15, 0.2) is 36.9 Å². The first kappa shape index (κ1) is 21.1. The summed E-state index contributed by atoms with van der Waals surface area (Å²) in [5, 5.41) is 2.53. The van der Waals surface area contributed by atoms with Crippen LogP contribution in [0.4, 0.5) is 0 Å². The third kappa shape index (κ3) is 4.64. The van der Waals surface area contributed by atoms with E-state index in [1.807, 2.05) is 25.1 Å². The van der Waals surface area contributed by atoms with Gasteiger partial charge in [0.2, 0.25) is 5.91 Å². The smallest absolute Gasteiger partial charge is 0.280 e. The first-order chi connectivity index (χ1) is 15.1. The van der Waals surface area contributed by atoms with E-state index in [0.29, 0.717) is 11.3 Å². The molecule has 3 aromatic rings. The summed E-state index contributed by atoms with van der Waals surface area (Å²) >= 11 is 0. The summed E-state index contributed by atoms with van der Waals surface area (Å²) in [7, 11) is 0. The Labute approximate surface area is 181 Å². The van der Waals surface area contributed by atoms with Crippen molar-refractivity contribution < 1.29 is 14.3 Å². The zero-order valence-corrected chi connectivity index (χ0v) is 17.9. The van der Waals surface area contributed by atoms with E-state index in [1.165, 1.54) is 0 Å². The van der Waals surface area contributed by atoms with E-state index >= 15 is 0 Å². The molecule has 0 atom stereocenters. The van der Waals surface area contributed by atoms with E-state index in [4.69, 9.17) is 4.74 Å². The molecular weight excluding hydrogens is 394 g/mol. The number of hydrogen-bond acceptors (Lipinski definition) is 6. The maximum absolute atomic E-state index is 12.9. The van der Waals surface area contributed by atoms with Gasteiger partial charge in [0.15, 0.2) is 11.3 Å². The maximum Gasteiger partial charge on any atom is 0.280 e. The number of hydrogen-bond donors (Lipinski definition) is 1. The Morgan fingerprint density at radius 2 is 2.06 bits per heavy atom. The number of imide groups is 1. The van der Waals surface area contributed by atoms with Crippen molar-refractivity contribution in [3.05, 3.63) is 48.3 Å². The van der Waals surface area contributed by atoms with Gasteiger partial charge in [-0.1, -0.05) is 6.92 Å². The number of aromatic nitrogens is 4. The Hall–Kier alpha value is -3.13. The molecule has 1 saturated carbocycles. The van der Waals surface area contributed by atoms with Crippen LogP contribution in [0.1, 0.15) is 55.2 Å². The molecule has 0 saturated heterocycles. The van der Waals surface area contributed by atoms with Gasteiger partial charge in [0.1, 0.15) is 6.33 Å². The lowest BCUT2D eigenvalue weighted by Crippen LogP contribution is -2.38. The molecule has 1 aliphatic rings. The first-order valence-electron chi connectivity index (χ1n) is 10.8. The fourth-order valence-corrected chi connectivity index (χ4v) is 3.99. The van der Waals surface area contributed by atoms with E-state index in [0.717, 1.165) is 50.0 Å². The SMILES string of the molecule is CCCOC1CCC(C(=O)NC(=O)c2ncn3c(C)cc(-c4cccnc4)nc23)CC1. The Kier molecular flexibility index (Phi) is 6.36. The van der Waals surface area contributed by atoms with Crippen LogP contribution >= 0.6 is 0 Å². The predicted octanol–water partition coefficient (Wildman–Crippen LogP) is 3.34. The molecule has 3 aromatic heterocycles. The van der Waals surface area contributed by atoms with Gasteiger partial charge in [0.05, 0.1) is 11.8 Å². The van der Waals surface area contributed by atoms with Crippen molar-refractivity contribution in [2.75, 3.05) is 6.61 Å². The van der Waals surface area contributed by atoms with E-state index < -0.39 is 5.91 Å². The molecule has 162 valence electrons. The van der Waals surface area contributed by atoms with Crippen molar-refractivity contribution in [2.24, 2.45) is 5.92 Å². The van der Waals surface area contributed by atoms with Crippen LogP contribution in [-0.2, 0) is 9.53 Å². The maximum atomic E-state index is 12.9. The average molecular weight is 422 g/mol. The fraction of sp³-hybridized carbons (Fsp3) is 0.435. The molecule has 4 rings (SSSR count). The van der Waals surface area contributed by atoms with Crippen molar-refractivity contribution in [1.29, 1.82) is 0 Å². The van der Waals surface area contributed by atoms with Crippen molar-refractivity contribution in [3.63, 3.8) is 0 Å². The molecule has 0 aromatic carbocycles. The van der Waals surface area contributed by atoms with Gasteiger partial charge in [-0.15, -0.1) is 0 Å². The Balaban J connectivity index is 1.48. The number of carbonyl (C=O) groups is 2. The Morgan fingerprint density at radius 1 is 1.26 bits per heavy atom. The Bertz CT molecular complexity index is 1070. The van der Waals surface area contributed by atoms with Gasteiger partial charge >= 0.3 is 0 Å². The quantitative estimate of drug-likeness (QED) is 0.613. The van der Waals surface area contributed by atoms with E-state index in [-0.39, 0.29) is 23.6 Å². The van der Waals surface area contributed by atoms with Gasteiger partial charge in [-0.2, -0.15) is 0 Å². The van der Waals surface area contributed by atoms with Gasteiger partial charge in [-0.3, -0.25) is 24.3 Å². The van der Waals surface area contributed by atoms with Gasteiger partial charge in [-0.25, -0.2) is 9.97 Å². The molecule has 1 N–H and O–H groups in total. The number of imidazole rings is 1. The molecule has 1 aliphatic carbocycles. The highest BCUT2D eigenvalue weighted by Gasteiger charge is 2.29. The molecule has 2 amide bonds. The number of rotatable bonds is 6. The molecule has 1 fully saturated rings. The van der Waals surface area contributed by atoms with Crippen molar-refractivity contribution in [1.82, 2.24) is 24.7 Å². The molecule has 0 radical (unpaired) electrons. The predicted molar refractivity (Wildman–Crippen MR) is 115 cm³/mol. The summed E-state index contributed by atoms with van der Waals surface area (Å²) in [6.45, 7) is 4.75. The molecule has 0 unspecified atom stereocenters. The molecule has 31 heavy (non-hydrogen) atoms. The lowest BCUT2D eigenvalue weighted by atomic mass is 9.86. The normalized spacial score (nSPS) is 18.8. The van der Waals surface area contributed by atoms with Crippen LogP contribution in [0.2, 0.25) is 0 Å². The number of ether oxygens (including phenoxy) is 1. The summed E-state index contributed by atoms with van der Waals surface area (Å²) in [4.78, 5) is 38.5. The molecular formula is C23H27N5O3. The minimum absolute atomic E-state index is 0.141. The minimum atomic E-state index is -0.521. The van der Waals surface area contributed by atoms with E-state index in [1.54, 1.807) is 23.1 Å². The van der Waals surface area contributed by atoms with Crippen LogP contribution in [0.25, 0.3) is 16.9 Å². The third-order valence-corrected chi connectivity index (χ3v) is 5.71.